The predicted molar refractivity (Wildman–Crippen MR) is 106 cm³/mol. The second-order valence-electron chi connectivity index (χ2n) is 6.97. The van der Waals surface area contributed by atoms with Crippen LogP contribution < -0.4 is 0 Å². The summed E-state index contributed by atoms with van der Waals surface area (Å²) >= 11 is 0. The maximum Gasteiger partial charge on any atom is 0.242 e. The van der Waals surface area contributed by atoms with E-state index in [1.54, 1.807) is 9.80 Å². The van der Waals surface area contributed by atoms with Crippen LogP contribution >= 0.6 is 0 Å². The molecule has 27 heavy (non-hydrogen) atoms. The monoisotopic (exact) mass is 370 g/mol. The van der Waals surface area contributed by atoms with E-state index in [-0.39, 0.29) is 24.4 Å². The van der Waals surface area contributed by atoms with E-state index in [0.717, 1.165) is 24.4 Å². The third-order valence-corrected chi connectivity index (χ3v) is 4.84. The Morgan fingerprint density at radius 3 is 2.37 bits per heavy atom. The van der Waals surface area contributed by atoms with Gasteiger partial charge in [0.05, 0.1) is 13.1 Å². The van der Waals surface area contributed by atoms with Crippen LogP contribution in [0.25, 0.3) is 0 Å². The Morgan fingerprint density at radius 1 is 1.11 bits per heavy atom. The van der Waals surface area contributed by atoms with Crippen LogP contribution in [-0.4, -0.2) is 40.7 Å². The van der Waals surface area contributed by atoms with E-state index in [2.05, 4.69) is 12.1 Å². The molecule has 0 fully saturated rings. The van der Waals surface area contributed by atoms with Gasteiger partial charge in [0.15, 0.2) is 0 Å². The van der Waals surface area contributed by atoms with Crippen molar-refractivity contribution in [3.8, 4) is 0 Å². The summed E-state index contributed by atoms with van der Waals surface area (Å²) in [6.07, 6.45) is 1.57. The summed E-state index contributed by atoms with van der Waals surface area (Å²) in [7, 11) is 0. The van der Waals surface area contributed by atoms with Crippen molar-refractivity contribution in [1.29, 1.82) is 0 Å². The molecule has 0 saturated heterocycles. The Morgan fingerprint density at radius 2 is 1.81 bits per heavy atom. The SMILES string of the molecule is CC[C@H](C)N(CC(=O)N(CCc1ccccc1)Cc1ccc(C)o1)C(C)=O. The van der Waals surface area contributed by atoms with E-state index >= 15 is 0 Å². The fourth-order valence-corrected chi connectivity index (χ4v) is 3.00. The van der Waals surface area contributed by atoms with E-state index in [4.69, 9.17) is 4.42 Å². The molecule has 0 aliphatic heterocycles. The van der Waals surface area contributed by atoms with Crippen molar-refractivity contribution in [2.45, 2.75) is 53.1 Å². The van der Waals surface area contributed by atoms with Gasteiger partial charge in [-0.15, -0.1) is 0 Å². The van der Waals surface area contributed by atoms with Gasteiger partial charge in [-0.1, -0.05) is 37.3 Å². The van der Waals surface area contributed by atoms with Crippen molar-refractivity contribution in [3.63, 3.8) is 0 Å². The van der Waals surface area contributed by atoms with Gasteiger partial charge in [-0.25, -0.2) is 0 Å². The molecule has 5 nitrogen and oxygen atoms in total. The lowest BCUT2D eigenvalue weighted by Gasteiger charge is -2.30. The standard InChI is InChI=1S/C22H30N2O3/c1-5-17(2)24(19(4)25)16-22(26)23(15-21-12-11-18(3)27-21)14-13-20-9-7-6-8-10-20/h6-12,17H,5,13-16H2,1-4H3/t17-/m0/s1. The molecule has 1 aromatic carbocycles. The number of rotatable bonds is 9. The first-order valence-electron chi connectivity index (χ1n) is 9.55. The van der Waals surface area contributed by atoms with E-state index in [9.17, 15) is 9.59 Å². The highest BCUT2D eigenvalue weighted by Crippen LogP contribution is 2.13. The molecule has 0 saturated carbocycles. The molecule has 1 aromatic heterocycles. The summed E-state index contributed by atoms with van der Waals surface area (Å²) in [5, 5.41) is 0. The summed E-state index contributed by atoms with van der Waals surface area (Å²) in [6, 6.07) is 13.9. The number of hydrogen-bond acceptors (Lipinski definition) is 3. The number of aryl methyl sites for hydroxylation is 1. The number of nitrogens with zero attached hydrogens (tertiary/aromatic N) is 2. The Kier molecular flexibility index (Phi) is 7.65. The fourth-order valence-electron chi connectivity index (χ4n) is 3.00. The normalized spacial score (nSPS) is 11.9. The smallest absolute Gasteiger partial charge is 0.242 e. The Labute approximate surface area is 162 Å². The van der Waals surface area contributed by atoms with Crippen molar-refractivity contribution < 1.29 is 14.0 Å². The number of benzene rings is 1. The Balaban J connectivity index is 2.11. The molecule has 0 aliphatic carbocycles. The second-order valence-corrected chi connectivity index (χ2v) is 6.97. The van der Waals surface area contributed by atoms with Gasteiger partial charge in [0.25, 0.3) is 0 Å². The van der Waals surface area contributed by atoms with Crippen molar-refractivity contribution in [1.82, 2.24) is 9.80 Å². The van der Waals surface area contributed by atoms with Crippen LogP contribution in [0.1, 0.15) is 44.3 Å². The third-order valence-electron chi connectivity index (χ3n) is 4.84. The summed E-state index contributed by atoms with van der Waals surface area (Å²) in [6.45, 7) is 8.48. The molecular weight excluding hydrogens is 340 g/mol. The van der Waals surface area contributed by atoms with Gasteiger partial charge in [-0.2, -0.15) is 0 Å². The zero-order valence-electron chi connectivity index (χ0n) is 16.8. The molecule has 2 aromatic rings. The minimum atomic E-state index is -0.0745. The minimum absolute atomic E-state index is 0.0354. The molecule has 2 rings (SSSR count). The number of furan rings is 1. The molecule has 146 valence electrons. The van der Waals surface area contributed by atoms with E-state index in [0.29, 0.717) is 13.1 Å². The first kappa shape index (κ1) is 20.7. The van der Waals surface area contributed by atoms with Crippen molar-refractivity contribution in [2.75, 3.05) is 13.1 Å². The topological polar surface area (TPSA) is 53.8 Å². The zero-order valence-corrected chi connectivity index (χ0v) is 16.8. The molecule has 0 N–H and O–H groups in total. The summed E-state index contributed by atoms with van der Waals surface area (Å²) in [5.41, 5.74) is 1.18. The molecule has 0 unspecified atom stereocenters. The van der Waals surface area contributed by atoms with Crippen LogP contribution in [0.5, 0.6) is 0 Å². The van der Waals surface area contributed by atoms with Gasteiger partial charge in [-0.05, 0) is 44.4 Å². The number of amides is 2. The lowest BCUT2D eigenvalue weighted by molar-refractivity contribution is -0.141. The highest BCUT2D eigenvalue weighted by molar-refractivity contribution is 5.84. The maximum atomic E-state index is 13.0. The van der Waals surface area contributed by atoms with Crippen molar-refractivity contribution >= 4 is 11.8 Å². The molecular formula is C22H30N2O3. The van der Waals surface area contributed by atoms with E-state index in [1.165, 1.54) is 12.5 Å². The Bertz CT molecular complexity index is 739. The lowest BCUT2D eigenvalue weighted by atomic mass is 10.1. The number of carbonyl (C=O) groups is 2. The maximum absolute atomic E-state index is 13.0. The van der Waals surface area contributed by atoms with Crippen LogP contribution in [0.2, 0.25) is 0 Å². The van der Waals surface area contributed by atoms with E-state index < -0.39 is 0 Å². The summed E-state index contributed by atoms with van der Waals surface area (Å²) in [5.74, 6) is 1.45. The van der Waals surface area contributed by atoms with E-state index in [1.807, 2.05) is 51.1 Å². The zero-order chi connectivity index (χ0) is 19.8. The first-order valence-corrected chi connectivity index (χ1v) is 9.55. The molecule has 0 spiro atoms. The first-order chi connectivity index (χ1) is 12.9. The van der Waals surface area contributed by atoms with Crippen LogP contribution in [0, 0.1) is 6.92 Å². The summed E-state index contributed by atoms with van der Waals surface area (Å²) < 4.78 is 5.66. The minimum Gasteiger partial charge on any atom is -0.464 e. The highest BCUT2D eigenvalue weighted by Gasteiger charge is 2.23. The van der Waals surface area contributed by atoms with Gasteiger partial charge < -0.3 is 14.2 Å². The van der Waals surface area contributed by atoms with Gasteiger partial charge >= 0.3 is 0 Å². The van der Waals surface area contributed by atoms with Gasteiger partial charge in [-0.3, -0.25) is 9.59 Å². The van der Waals surface area contributed by atoms with Gasteiger partial charge in [0.1, 0.15) is 11.5 Å². The fraction of sp³-hybridized carbons (Fsp3) is 0.455. The van der Waals surface area contributed by atoms with Crippen LogP contribution in [0.3, 0.4) is 0 Å². The van der Waals surface area contributed by atoms with Gasteiger partial charge in [0.2, 0.25) is 11.8 Å². The molecule has 0 bridgehead atoms. The molecule has 2 amide bonds. The largest absolute Gasteiger partial charge is 0.464 e. The van der Waals surface area contributed by atoms with Gasteiger partial charge in [0, 0.05) is 19.5 Å². The predicted octanol–water partition coefficient (Wildman–Crippen LogP) is 3.81. The van der Waals surface area contributed by atoms with Crippen LogP contribution in [-0.2, 0) is 22.6 Å². The van der Waals surface area contributed by atoms with Crippen molar-refractivity contribution in [3.05, 3.63) is 59.5 Å². The average Bonchev–Trinajstić information content (AvgIpc) is 3.07. The second kappa shape index (κ2) is 9.95. The van der Waals surface area contributed by atoms with Crippen LogP contribution in [0.15, 0.2) is 46.9 Å². The highest BCUT2D eigenvalue weighted by atomic mass is 16.3. The summed E-state index contributed by atoms with van der Waals surface area (Å²) in [4.78, 5) is 28.4. The molecule has 0 radical (unpaired) electrons. The molecule has 0 aliphatic rings. The van der Waals surface area contributed by atoms with Crippen molar-refractivity contribution in [2.24, 2.45) is 0 Å². The number of hydrogen-bond donors (Lipinski definition) is 0. The average molecular weight is 370 g/mol. The third kappa shape index (κ3) is 6.27. The van der Waals surface area contributed by atoms with Crippen LogP contribution in [0.4, 0.5) is 0 Å². The number of carbonyl (C=O) groups excluding carboxylic acids is 2. The quantitative estimate of drug-likeness (QED) is 0.674. The Hall–Kier alpha value is -2.56. The molecule has 1 atom stereocenters. The molecule has 1 heterocycles. The molecule has 5 heteroatoms. The lowest BCUT2D eigenvalue weighted by Crippen LogP contribution is -2.46.